The molecule has 0 amide bonds. The molecule has 1 aliphatic carbocycles. The van der Waals surface area contributed by atoms with Gasteiger partial charge in [0.25, 0.3) is 0 Å². The van der Waals surface area contributed by atoms with Crippen LogP contribution < -0.4 is 5.32 Å². The average Bonchev–Trinajstić information content (AvgIpc) is 3.05. The van der Waals surface area contributed by atoms with Gasteiger partial charge in [-0.3, -0.25) is 0 Å². The Kier molecular flexibility index (Phi) is 1.93. The summed E-state index contributed by atoms with van der Waals surface area (Å²) < 4.78 is 2.31. The van der Waals surface area contributed by atoms with Crippen LogP contribution >= 0.6 is 0 Å². The van der Waals surface area contributed by atoms with E-state index in [1.165, 1.54) is 35.0 Å². The maximum Gasteiger partial charge on any atom is 0.0483 e. The molecule has 1 aliphatic rings. The van der Waals surface area contributed by atoms with Gasteiger partial charge < -0.3 is 9.88 Å². The van der Waals surface area contributed by atoms with Crippen molar-refractivity contribution in [1.82, 2.24) is 9.88 Å². The Morgan fingerprint density at radius 2 is 1.94 bits per heavy atom. The van der Waals surface area contributed by atoms with Crippen LogP contribution in [0.2, 0.25) is 0 Å². The summed E-state index contributed by atoms with van der Waals surface area (Å²) in [6.45, 7) is 2.23. The summed E-state index contributed by atoms with van der Waals surface area (Å²) in [5, 5.41) is 4.91. The Hall–Kier alpha value is -1.28. The molecule has 0 bridgehead atoms. The van der Waals surface area contributed by atoms with E-state index in [0.29, 0.717) is 0 Å². The lowest BCUT2D eigenvalue weighted by atomic mass is 10.0. The highest BCUT2D eigenvalue weighted by Gasteiger charge is 2.45. The molecule has 1 saturated carbocycles. The van der Waals surface area contributed by atoms with E-state index >= 15 is 0 Å². The first-order valence-electron chi connectivity index (χ1n) is 5.93. The van der Waals surface area contributed by atoms with Gasteiger partial charge in [-0.2, -0.15) is 0 Å². The lowest BCUT2D eigenvalue weighted by molar-refractivity contribution is 0.583. The number of hydrogen-bond donors (Lipinski definition) is 1. The van der Waals surface area contributed by atoms with Crippen LogP contribution in [0.4, 0.5) is 0 Å². The van der Waals surface area contributed by atoms with Crippen molar-refractivity contribution in [2.24, 2.45) is 7.05 Å². The monoisotopic (exact) mass is 214 g/mol. The fourth-order valence-corrected chi connectivity index (χ4v) is 2.87. The first-order chi connectivity index (χ1) is 7.69. The lowest BCUT2D eigenvalue weighted by Gasteiger charge is -2.15. The SMILES string of the molecule is CNC1(c2c(C)n(C)c3ccccc23)CC1. The number of aromatic nitrogens is 1. The van der Waals surface area contributed by atoms with E-state index < -0.39 is 0 Å². The van der Waals surface area contributed by atoms with Gasteiger partial charge in [-0.15, -0.1) is 0 Å². The van der Waals surface area contributed by atoms with E-state index in [1.54, 1.807) is 0 Å². The van der Waals surface area contributed by atoms with E-state index in [0.717, 1.165) is 0 Å². The van der Waals surface area contributed by atoms with Crippen LogP contribution in [0.3, 0.4) is 0 Å². The number of para-hydroxylation sites is 1. The van der Waals surface area contributed by atoms with E-state index in [1.807, 2.05) is 0 Å². The minimum Gasteiger partial charge on any atom is -0.348 e. The molecule has 2 heteroatoms. The van der Waals surface area contributed by atoms with Gasteiger partial charge in [-0.05, 0) is 32.9 Å². The Labute approximate surface area is 96.3 Å². The van der Waals surface area contributed by atoms with Crippen molar-refractivity contribution in [1.29, 1.82) is 0 Å². The zero-order chi connectivity index (χ0) is 11.3. The highest BCUT2D eigenvalue weighted by atomic mass is 15.0. The predicted molar refractivity (Wildman–Crippen MR) is 67.6 cm³/mol. The topological polar surface area (TPSA) is 17.0 Å². The molecule has 16 heavy (non-hydrogen) atoms. The molecule has 1 N–H and O–H groups in total. The zero-order valence-corrected chi connectivity index (χ0v) is 10.2. The van der Waals surface area contributed by atoms with Crippen LogP contribution in [-0.2, 0) is 12.6 Å². The molecule has 1 aromatic carbocycles. The van der Waals surface area contributed by atoms with Gasteiger partial charge in [0, 0.05) is 34.7 Å². The van der Waals surface area contributed by atoms with Gasteiger partial charge in [0.1, 0.15) is 0 Å². The Balaban J connectivity index is 2.36. The Bertz CT molecular complexity index is 547. The molecule has 0 atom stereocenters. The number of nitrogens with one attached hydrogen (secondary N) is 1. The molecule has 3 rings (SSSR count). The van der Waals surface area contributed by atoms with Gasteiger partial charge in [-0.25, -0.2) is 0 Å². The summed E-state index contributed by atoms with van der Waals surface area (Å²) >= 11 is 0. The quantitative estimate of drug-likeness (QED) is 0.813. The second-order valence-corrected chi connectivity index (χ2v) is 4.87. The third kappa shape index (κ3) is 1.11. The summed E-state index contributed by atoms with van der Waals surface area (Å²) in [5.41, 5.74) is 4.50. The van der Waals surface area contributed by atoms with Crippen molar-refractivity contribution in [2.45, 2.75) is 25.3 Å². The summed E-state index contributed by atoms with van der Waals surface area (Å²) in [5.74, 6) is 0. The number of rotatable bonds is 2. The third-order valence-electron chi connectivity index (χ3n) is 4.11. The van der Waals surface area contributed by atoms with Crippen molar-refractivity contribution in [3.05, 3.63) is 35.5 Å². The Morgan fingerprint density at radius 1 is 1.25 bits per heavy atom. The number of benzene rings is 1. The first kappa shape index (κ1) is 9.91. The second-order valence-electron chi connectivity index (χ2n) is 4.87. The zero-order valence-electron chi connectivity index (χ0n) is 10.2. The third-order valence-corrected chi connectivity index (χ3v) is 4.11. The highest BCUT2D eigenvalue weighted by molar-refractivity contribution is 5.87. The van der Waals surface area contributed by atoms with Gasteiger partial charge >= 0.3 is 0 Å². The van der Waals surface area contributed by atoms with Crippen LogP contribution in [0.15, 0.2) is 24.3 Å². The highest BCUT2D eigenvalue weighted by Crippen LogP contribution is 2.49. The van der Waals surface area contributed by atoms with Crippen molar-refractivity contribution >= 4 is 10.9 Å². The normalized spacial score (nSPS) is 17.9. The number of aryl methyl sites for hydroxylation is 1. The van der Waals surface area contributed by atoms with Crippen molar-refractivity contribution < 1.29 is 0 Å². The number of nitrogens with zero attached hydrogens (tertiary/aromatic N) is 1. The van der Waals surface area contributed by atoms with E-state index in [-0.39, 0.29) is 5.54 Å². The van der Waals surface area contributed by atoms with Crippen LogP contribution in [0.25, 0.3) is 10.9 Å². The molecule has 0 spiro atoms. The molecule has 1 aromatic heterocycles. The standard InChI is InChI=1S/C14H18N2/c1-10-13(14(15-2)8-9-14)11-6-4-5-7-12(11)16(10)3/h4-7,15H,8-9H2,1-3H3. The minimum absolute atomic E-state index is 0.255. The first-order valence-corrected chi connectivity index (χ1v) is 5.93. The molecule has 1 fully saturated rings. The summed E-state index contributed by atoms with van der Waals surface area (Å²) in [4.78, 5) is 0. The fourth-order valence-electron chi connectivity index (χ4n) is 2.87. The molecule has 1 heterocycles. The minimum atomic E-state index is 0.255. The van der Waals surface area contributed by atoms with Crippen molar-refractivity contribution in [2.75, 3.05) is 7.05 Å². The smallest absolute Gasteiger partial charge is 0.0483 e. The van der Waals surface area contributed by atoms with Crippen LogP contribution in [0, 0.1) is 6.92 Å². The summed E-state index contributed by atoms with van der Waals surface area (Å²) in [6.07, 6.45) is 2.52. The average molecular weight is 214 g/mol. The molecule has 84 valence electrons. The van der Waals surface area contributed by atoms with E-state index in [2.05, 4.69) is 55.2 Å². The molecule has 0 unspecified atom stereocenters. The van der Waals surface area contributed by atoms with E-state index in [9.17, 15) is 0 Å². The molecule has 2 aromatic rings. The van der Waals surface area contributed by atoms with E-state index in [4.69, 9.17) is 0 Å². The second kappa shape index (κ2) is 3.11. The number of hydrogen-bond acceptors (Lipinski definition) is 1. The predicted octanol–water partition coefficient (Wildman–Crippen LogP) is 2.70. The maximum absolute atomic E-state index is 3.50. The van der Waals surface area contributed by atoms with Gasteiger partial charge in [0.2, 0.25) is 0 Å². The van der Waals surface area contributed by atoms with Gasteiger partial charge in [0.05, 0.1) is 0 Å². The molecule has 2 nitrogen and oxygen atoms in total. The lowest BCUT2D eigenvalue weighted by Crippen LogP contribution is -2.25. The summed E-state index contributed by atoms with van der Waals surface area (Å²) in [6, 6.07) is 8.70. The van der Waals surface area contributed by atoms with Gasteiger partial charge in [-0.1, -0.05) is 18.2 Å². The van der Waals surface area contributed by atoms with Crippen molar-refractivity contribution in [3.8, 4) is 0 Å². The Morgan fingerprint density at radius 3 is 2.56 bits per heavy atom. The fraction of sp³-hybridized carbons (Fsp3) is 0.429. The largest absolute Gasteiger partial charge is 0.348 e. The molecule has 0 saturated heterocycles. The van der Waals surface area contributed by atoms with Crippen LogP contribution in [0.5, 0.6) is 0 Å². The maximum atomic E-state index is 3.50. The van der Waals surface area contributed by atoms with Crippen molar-refractivity contribution in [3.63, 3.8) is 0 Å². The molecular formula is C14H18N2. The molecule has 0 radical (unpaired) electrons. The van der Waals surface area contributed by atoms with Crippen LogP contribution in [0.1, 0.15) is 24.1 Å². The summed E-state index contributed by atoms with van der Waals surface area (Å²) in [7, 11) is 4.24. The molecular weight excluding hydrogens is 196 g/mol. The number of fused-ring (bicyclic) bond motifs is 1. The van der Waals surface area contributed by atoms with Gasteiger partial charge in [0.15, 0.2) is 0 Å². The molecule has 0 aliphatic heterocycles. The van der Waals surface area contributed by atoms with Crippen LogP contribution in [-0.4, -0.2) is 11.6 Å².